The number of halogens is 2. The van der Waals surface area contributed by atoms with E-state index in [0.29, 0.717) is 5.75 Å². The summed E-state index contributed by atoms with van der Waals surface area (Å²) >= 11 is 5.62. The van der Waals surface area contributed by atoms with E-state index in [1.807, 2.05) is 0 Å². The van der Waals surface area contributed by atoms with E-state index in [4.69, 9.17) is 16.3 Å². The summed E-state index contributed by atoms with van der Waals surface area (Å²) in [5.41, 5.74) is 0.189. The number of ether oxygens (including phenoxy) is 2. The highest BCUT2D eigenvalue weighted by atomic mass is 35.5. The van der Waals surface area contributed by atoms with Gasteiger partial charge in [-0.3, -0.25) is 4.79 Å². The minimum atomic E-state index is -0.719. The second-order valence-electron chi connectivity index (χ2n) is 3.16. The van der Waals surface area contributed by atoms with Gasteiger partial charge in [-0.15, -0.1) is 0 Å². The van der Waals surface area contributed by atoms with Crippen molar-refractivity contribution in [3.63, 3.8) is 0 Å². The average Bonchev–Trinajstić information content (AvgIpc) is 2.67. The van der Waals surface area contributed by atoms with E-state index in [0.717, 1.165) is 0 Å². The summed E-state index contributed by atoms with van der Waals surface area (Å²) in [6.45, 7) is 0.0965. The van der Waals surface area contributed by atoms with Crippen LogP contribution in [0.1, 0.15) is 11.5 Å². The van der Waals surface area contributed by atoms with Crippen LogP contribution in [0.5, 0.6) is 5.75 Å². The summed E-state index contributed by atoms with van der Waals surface area (Å²) in [6, 6.07) is 2.94. The van der Waals surface area contributed by atoms with Crippen molar-refractivity contribution in [1.29, 1.82) is 0 Å². The molecule has 0 saturated carbocycles. The highest BCUT2D eigenvalue weighted by Crippen LogP contribution is 2.38. The van der Waals surface area contributed by atoms with E-state index in [1.165, 1.54) is 13.2 Å². The number of hydrogen-bond acceptors (Lipinski definition) is 3. The standard InChI is InChI=1S/C10H8ClFO3/c1-14-10(13)5-4-15-7-3-2-6(11)9(12)8(5)7/h2-3,5H,4H2,1H3. The number of esters is 1. The fraction of sp³-hybridized carbons (Fsp3) is 0.300. The second-order valence-corrected chi connectivity index (χ2v) is 3.57. The summed E-state index contributed by atoms with van der Waals surface area (Å²) in [5, 5.41) is -0.0202. The van der Waals surface area contributed by atoms with Crippen molar-refractivity contribution in [3.05, 3.63) is 28.5 Å². The van der Waals surface area contributed by atoms with E-state index in [1.54, 1.807) is 6.07 Å². The highest BCUT2D eigenvalue weighted by Gasteiger charge is 2.35. The monoisotopic (exact) mass is 230 g/mol. The highest BCUT2D eigenvalue weighted by molar-refractivity contribution is 6.30. The van der Waals surface area contributed by atoms with E-state index in [2.05, 4.69) is 4.74 Å². The Morgan fingerprint density at radius 3 is 3.07 bits per heavy atom. The third-order valence-corrected chi connectivity index (χ3v) is 2.62. The smallest absolute Gasteiger partial charge is 0.316 e. The van der Waals surface area contributed by atoms with Crippen LogP contribution in [-0.4, -0.2) is 19.7 Å². The molecular weight excluding hydrogens is 223 g/mol. The Hall–Kier alpha value is -1.29. The third kappa shape index (κ3) is 1.55. The summed E-state index contributed by atoms with van der Waals surface area (Å²) in [6.07, 6.45) is 0. The SMILES string of the molecule is COC(=O)C1COc2ccc(Cl)c(F)c21. The molecule has 80 valence electrons. The molecule has 0 aromatic heterocycles. The van der Waals surface area contributed by atoms with Crippen LogP contribution in [0, 0.1) is 5.82 Å². The lowest BCUT2D eigenvalue weighted by molar-refractivity contribution is -0.142. The van der Waals surface area contributed by atoms with Crippen molar-refractivity contribution in [1.82, 2.24) is 0 Å². The molecule has 1 aromatic carbocycles. The molecule has 0 saturated heterocycles. The van der Waals surface area contributed by atoms with Crippen molar-refractivity contribution < 1.29 is 18.7 Å². The summed E-state index contributed by atoms with van der Waals surface area (Å²) < 4.78 is 23.4. The van der Waals surface area contributed by atoms with Crippen LogP contribution in [0.2, 0.25) is 5.02 Å². The molecule has 2 rings (SSSR count). The van der Waals surface area contributed by atoms with Gasteiger partial charge in [-0.1, -0.05) is 11.6 Å². The normalized spacial score (nSPS) is 18.2. The maximum absolute atomic E-state index is 13.6. The van der Waals surface area contributed by atoms with Gasteiger partial charge in [-0.05, 0) is 12.1 Å². The second kappa shape index (κ2) is 3.70. The number of carbonyl (C=O) groups is 1. The lowest BCUT2D eigenvalue weighted by atomic mass is 10.0. The molecule has 0 N–H and O–H groups in total. The first-order valence-electron chi connectivity index (χ1n) is 4.33. The number of fused-ring (bicyclic) bond motifs is 1. The van der Waals surface area contributed by atoms with Crippen LogP contribution < -0.4 is 4.74 Å². The van der Waals surface area contributed by atoms with Crippen LogP contribution in [0.3, 0.4) is 0 Å². The zero-order chi connectivity index (χ0) is 11.0. The van der Waals surface area contributed by atoms with Crippen LogP contribution in [0.25, 0.3) is 0 Å². The van der Waals surface area contributed by atoms with Gasteiger partial charge in [-0.25, -0.2) is 4.39 Å². The van der Waals surface area contributed by atoms with Crippen molar-refractivity contribution in [2.45, 2.75) is 5.92 Å². The maximum Gasteiger partial charge on any atom is 0.316 e. The molecule has 1 heterocycles. The molecule has 1 aliphatic heterocycles. The lowest BCUT2D eigenvalue weighted by Crippen LogP contribution is -2.16. The van der Waals surface area contributed by atoms with Gasteiger partial charge in [0.15, 0.2) is 0 Å². The molecule has 0 spiro atoms. The van der Waals surface area contributed by atoms with E-state index >= 15 is 0 Å². The lowest BCUT2D eigenvalue weighted by Gasteiger charge is -2.07. The fourth-order valence-corrected chi connectivity index (χ4v) is 1.75. The molecule has 1 aliphatic rings. The minimum Gasteiger partial charge on any atom is -0.492 e. The number of benzene rings is 1. The summed E-state index contributed by atoms with van der Waals surface area (Å²) in [5.74, 6) is -1.49. The predicted molar refractivity (Wildman–Crippen MR) is 51.7 cm³/mol. The largest absolute Gasteiger partial charge is 0.492 e. The Kier molecular flexibility index (Phi) is 2.52. The van der Waals surface area contributed by atoms with Gasteiger partial charge in [0, 0.05) is 5.56 Å². The number of methoxy groups -OCH3 is 1. The number of rotatable bonds is 1. The topological polar surface area (TPSA) is 35.5 Å². The first-order chi connectivity index (χ1) is 7.15. The third-order valence-electron chi connectivity index (χ3n) is 2.33. The van der Waals surface area contributed by atoms with Gasteiger partial charge in [-0.2, -0.15) is 0 Å². The predicted octanol–water partition coefficient (Wildman–Crippen LogP) is 2.13. The molecule has 0 amide bonds. The molecule has 3 nitrogen and oxygen atoms in total. The van der Waals surface area contributed by atoms with E-state index in [-0.39, 0.29) is 17.2 Å². The summed E-state index contributed by atoms with van der Waals surface area (Å²) in [7, 11) is 1.25. The van der Waals surface area contributed by atoms with Gasteiger partial charge < -0.3 is 9.47 Å². The van der Waals surface area contributed by atoms with Crippen LogP contribution in [0.4, 0.5) is 4.39 Å². The molecule has 0 aliphatic carbocycles. The molecule has 5 heteroatoms. The molecule has 1 unspecified atom stereocenters. The van der Waals surface area contributed by atoms with Crippen molar-refractivity contribution in [2.24, 2.45) is 0 Å². The Balaban J connectivity index is 2.49. The van der Waals surface area contributed by atoms with Gasteiger partial charge >= 0.3 is 5.97 Å². The number of carbonyl (C=O) groups excluding carboxylic acids is 1. The van der Waals surface area contributed by atoms with E-state index < -0.39 is 17.7 Å². The van der Waals surface area contributed by atoms with Gasteiger partial charge in [0.2, 0.25) is 0 Å². The maximum atomic E-state index is 13.6. The Morgan fingerprint density at radius 1 is 1.67 bits per heavy atom. The number of hydrogen-bond donors (Lipinski definition) is 0. The van der Waals surface area contributed by atoms with Gasteiger partial charge in [0.1, 0.15) is 24.1 Å². The van der Waals surface area contributed by atoms with Crippen LogP contribution >= 0.6 is 11.6 Å². The van der Waals surface area contributed by atoms with Gasteiger partial charge in [0.05, 0.1) is 12.1 Å². The zero-order valence-electron chi connectivity index (χ0n) is 7.92. The fourth-order valence-electron chi connectivity index (χ4n) is 1.58. The average molecular weight is 231 g/mol. The Labute approximate surface area is 90.7 Å². The first kappa shape index (κ1) is 10.2. The van der Waals surface area contributed by atoms with Gasteiger partial charge in [0.25, 0.3) is 0 Å². The zero-order valence-corrected chi connectivity index (χ0v) is 8.68. The molecular formula is C10H8ClFO3. The Bertz CT molecular complexity index is 419. The van der Waals surface area contributed by atoms with Crippen molar-refractivity contribution >= 4 is 17.6 Å². The summed E-state index contributed by atoms with van der Waals surface area (Å²) in [4.78, 5) is 11.3. The van der Waals surface area contributed by atoms with E-state index in [9.17, 15) is 9.18 Å². The molecule has 15 heavy (non-hydrogen) atoms. The molecule has 1 atom stereocenters. The molecule has 0 bridgehead atoms. The Morgan fingerprint density at radius 2 is 2.40 bits per heavy atom. The van der Waals surface area contributed by atoms with Crippen molar-refractivity contribution in [3.8, 4) is 5.75 Å². The quantitative estimate of drug-likeness (QED) is 0.694. The molecule has 1 aromatic rings. The van der Waals surface area contributed by atoms with Crippen LogP contribution in [-0.2, 0) is 9.53 Å². The van der Waals surface area contributed by atoms with Crippen molar-refractivity contribution in [2.75, 3.05) is 13.7 Å². The molecule has 0 radical (unpaired) electrons. The molecule has 0 fully saturated rings. The minimum absolute atomic E-state index is 0.0202. The van der Waals surface area contributed by atoms with Crippen LogP contribution in [0.15, 0.2) is 12.1 Å². The first-order valence-corrected chi connectivity index (χ1v) is 4.71.